The second-order valence-electron chi connectivity index (χ2n) is 5.86. The number of amides is 4. The van der Waals surface area contributed by atoms with E-state index in [4.69, 9.17) is 0 Å². The van der Waals surface area contributed by atoms with Crippen molar-refractivity contribution in [3.8, 4) is 0 Å². The van der Waals surface area contributed by atoms with E-state index in [9.17, 15) is 14.4 Å². The highest BCUT2D eigenvalue weighted by molar-refractivity contribution is 5.97. The minimum absolute atomic E-state index is 0.116. The maximum Gasteiger partial charge on any atom is 0.321 e. The lowest BCUT2D eigenvalue weighted by Crippen LogP contribution is -2.31. The Labute approximate surface area is 148 Å². The van der Waals surface area contributed by atoms with E-state index in [0.29, 0.717) is 51.1 Å². The zero-order valence-corrected chi connectivity index (χ0v) is 14.9. The molecule has 0 saturated carbocycles. The Morgan fingerprint density at radius 2 is 1.88 bits per heavy atom. The number of anilines is 1. The number of carbonyl (C=O) groups is 3. The van der Waals surface area contributed by atoms with Gasteiger partial charge in [-0.2, -0.15) is 0 Å². The second kappa shape index (κ2) is 9.05. The van der Waals surface area contributed by atoms with Gasteiger partial charge in [-0.1, -0.05) is 0 Å². The Balaban J connectivity index is 1.77. The zero-order valence-electron chi connectivity index (χ0n) is 14.9. The molecule has 1 aromatic rings. The van der Waals surface area contributed by atoms with Crippen LogP contribution >= 0.6 is 0 Å². The van der Waals surface area contributed by atoms with Crippen LogP contribution in [0.3, 0.4) is 0 Å². The zero-order chi connectivity index (χ0) is 18.2. The minimum atomic E-state index is -0.173. The van der Waals surface area contributed by atoms with E-state index < -0.39 is 0 Å². The molecule has 1 fully saturated rings. The molecule has 0 radical (unpaired) electrons. The third-order valence-electron chi connectivity index (χ3n) is 4.27. The molecule has 1 aliphatic heterocycles. The summed E-state index contributed by atoms with van der Waals surface area (Å²) in [5, 5.41) is 5.57. The van der Waals surface area contributed by atoms with Crippen LogP contribution in [-0.2, 0) is 4.79 Å². The number of benzene rings is 1. The van der Waals surface area contributed by atoms with Crippen LogP contribution < -0.4 is 15.5 Å². The molecule has 2 N–H and O–H groups in total. The minimum Gasteiger partial charge on any atom is -0.352 e. The first-order valence-electron chi connectivity index (χ1n) is 8.78. The number of carbonyl (C=O) groups excluding carboxylic acids is 3. The lowest BCUT2D eigenvalue weighted by Gasteiger charge is -2.18. The Bertz CT molecular complexity index is 611. The largest absolute Gasteiger partial charge is 0.352 e. The molecule has 25 heavy (non-hydrogen) atoms. The maximum atomic E-state index is 12.1. The molecular formula is C18H26N4O3. The van der Waals surface area contributed by atoms with Crippen LogP contribution in [0.1, 0.15) is 37.0 Å². The molecule has 7 nitrogen and oxygen atoms in total. The highest BCUT2D eigenvalue weighted by atomic mass is 16.2. The van der Waals surface area contributed by atoms with Crippen molar-refractivity contribution in [2.45, 2.75) is 26.7 Å². The monoisotopic (exact) mass is 346 g/mol. The molecule has 1 saturated heterocycles. The molecule has 0 aromatic heterocycles. The normalized spacial score (nSPS) is 13.5. The van der Waals surface area contributed by atoms with Gasteiger partial charge in [-0.15, -0.1) is 0 Å². The number of nitrogens with one attached hydrogen (secondary N) is 2. The van der Waals surface area contributed by atoms with Gasteiger partial charge in [0.1, 0.15) is 0 Å². The van der Waals surface area contributed by atoms with Crippen LogP contribution in [0.15, 0.2) is 24.3 Å². The number of rotatable bonds is 8. The average molecular weight is 346 g/mol. The van der Waals surface area contributed by atoms with Crippen molar-refractivity contribution < 1.29 is 14.4 Å². The predicted molar refractivity (Wildman–Crippen MR) is 96.7 cm³/mol. The average Bonchev–Trinajstić information content (AvgIpc) is 3.05. The van der Waals surface area contributed by atoms with E-state index in [1.165, 1.54) is 0 Å². The number of hydrogen-bond acceptors (Lipinski definition) is 3. The number of hydrogen-bond donors (Lipinski definition) is 2. The van der Waals surface area contributed by atoms with Crippen molar-refractivity contribution in [1.29, 1.82) is 0 Å². The van der Waals surface area contributed by atoms with Crippen molar-refractivity contribution in [2.24, 2.45) is 0 Å². The van der Waals surface area contributed by atoms with E-state index in [0.717, 1.165) is 5.69 Å². The Kier molecular flexibility index (Phi) is 6.80. The summed E-state index contributed by atoms with van der Waals surface area (Å²) in [6.45, 7) is 7.06. The second-order valence-corrected chi connectivity index (χ2v) is 5.86. The molecule has 0 bridgehead atoms. The quantitative estimate of drug-likeness (QED) is 0.702. The predicted octanol–water partition coefficient (Wildman–Crippen LogP) is 1.59. The molecule has 0 unspecified atom stereocenters. The van der Waals surface area contributed by atoms with Crippen LogP contribution in [0, 0.1) is 0 Å². The van der Waals surface area contributed by atoms with Gasteiger partial charge in [-0.25, -0.2) is 4.79 Å². The molecule has 2 rings (SSSR count). The Hall–Kier alpha value is -2.57. The van der Waals surface area contributed by atoms with Crippen molar-refractivity contribution in [1.82, 2.24) is 15.5 Å². The summed E-state index contributed by atoms with van der Waals surface area (Å²) in [5.41, 5.74) is 1.31. The fourth-order valence-electron chi connectivity index (χ4n) is 2.79. The molecule has 1 aromatic carbocycles. The van der Waals surface area contributed by atoms with E-state index in [1.807, 2.05) is 13.8 Å². The van der Waals surface area contributed by atoms with Gasteiger partial charge in [0, 0.05) is 50.4 Å². The van der Waals surface area contributed by atoms with Crippen molar-refractivity contribution >= 4 is 23.5 Å². The summed E-state index contributed by atoms with van der Waals surface area (Å²) in [5.74, 6) is -0.0554. The highest BCUT2D eigenvalue weighted by Gasteiger charge is 2.21. The third kappa shape index (κ3) is 4.95. The van der Waals surface area contributed by atoms with Gasteiger partial charge in [0.25, 0.3) is 5.91 Å². The molecule has 7 heteroatoms. The first-order valence-corrected chi connectivity index (χ1v) is 8.78. The van der Waals surface area contributed by atoms with Crippen molar-refractivity contribution in [2.75, 3.05) is 37.6 Å². The van der Waals surface area contributed by atoms with E-state index in [1.54, 1.807) is 34.1 Å². The Morgan fingerprint density at radius 1 is 1.20 bits per heavy atom. The number of urea groups is 1. The molecule has 0 aliphatic carbocycles. The summed E-state index contributed by atoms with van der Waals surface area (Å²) < 4.78 is 0. The fourth-order valence-corrected chi connectivity index (χ4v) is 2.79. The summed E-state index contributed by atoms with van der Waals surface area (Å²) >= 11 is 0. The molecule has 0 spiro atoms. The highest BCUT2D eigenvalue weighted by Crippen LogP contribution is 2.17. The van der Waals surface area contributed by atoms with E-state index in [2.05, 4.69) is 10.6 Å². The fraction of sp³-hybridized carbons (Fsp3) is 0.500. The molecular weight excluding hydrogens is 320 g/mol. The lowest BCUT2D eigenvalue weighted by atomic mass is 10.2. The van der Waals surface area contributed by atoms with Gasteiger partial charge in [-0.05, 0) is 44.5 Å². The summed E-state index contributed by atoms with van der Waals surface area (Å²) in [7, 11) is 0. The van der Waals surface area contributed by atoms with Gasteiger partial charge in [0.15, 0.2) is 0 Å². The van der Waals surface area contributed by atoms with Crippen LogP contribution in [0.5, 0.6) is 0 Å². The van der Waals surface area contributed by atoms with Gasteiger partial charge < -0.3 is 15.5 Å². The van der Waals surface area contributed by atoms with E-state index >= 15 is 0 Å². The molecule has 1 heterocycles. The van der Waals surface area contributed by atoms with Gasteiger partial charge in [-0.3, -0.25) is 14.5 Å². The van der Waals surface area contributed by atoms with Crippen molar-refractivity contribution in [3.63, 3.8) is 0 Å². The van der Waals surface area contributed by atoms with Crippen LogP contribution in [0.25, 0.3) is 0 Å². The Morgan fingerprint density at radius 3 is 2.44 bits per heavy atom. The van der Waals surface area contributed by atoms with Crippen molar-refractivity contribution in [3.05, 3.63) is 29.8 Å². The molecule has 1 aliphatic rings. The van der Waals surface area contributed by atoms with Gasteiger partial charge in [0.05, 0.1) is 0 Å². The molecule has 136 valence electrons. The van der Waals surface area contributed by atoms with Crippen LogP contribution in [0.2, 0.25) is 0 Å². The van der Waals surface area contributed by atoms with Crippen LogP contribution in [-0.4, -0.2) is 55.5 Å². The molecule has 0 atom stereocenters. The van der Waals surface area contributed by atoms with Gasteiger partial charge in [0.2, 0.25) is 5.91 Å². The van der Waals surface area contributed by atoms with E-state index in [-0.39, 0.29) is 17.8 Å². The van der Waals surface area contributed by atoms with Gasteiger partial charge >= 0.3 is 6.03 Å². The third-order valence-corrected chi connectivity index (χ3v) is 4.27. The first kappa shape index (κ1) is 18.8. The SMILES string of the molecule is CCN(CC)C(=O)CCCNC(=O)c1ccc(N2CCNC2=O)cc1. The number of nitrogens with zero attached hydrogens (tertiary/aromatic N) is 2. The smallest absolute Gasteiger partial charge is 0.321 e. The first-order chi connectivity index (χ1) is 12.1. The maximum absolute atomic E-state index is 12.1. The lowest BCUT2D eigenvalue weighted by molar-refractivity contribution is -0.130. The molecule has 4 amide bonds. The summed E-state index contributed by atoms with van der Waals surface area (Å²) in [6.07, 6.45) is 1.05. The summed E-state index contributed by atoms with van der Waals surface area (Å²) in [4.78, 5) is 39.1. The standard InChI is InChI=1S/C18H26N4O3/c1-3-21(4-2)16(23)6-5-11-19-17(24)14-7-9-15(10-8-14)22-13-12-20-18(22)25/h7-10H,3-6,11-13H2,1-2H3,(H,19,24)(H,20,25). The summed E-state index contributed by atoms with van der Waals surface area (Å²) in [6, 6.07) is 6.83. The van der Waals surface area contributed by atoms with Crippen LogP contribution in [0.4, 0.5) is 10.5 Å². The topological polar surface area (TPSA) is 81.8 Å².